The molecule has 1 aliphatic heterocycles. The zero-order valence-electron chi connectivity index (χ0n) is 12.9. The molecule has 0 bridgehead atoms. The van der Waals surface area contributed by atoms with Crippen LogP contribution in [-0.4, -0.2) is 53.6 Å². The third kappa shape index (κ3) is 5.48. The normalized spacial score (nSPS) is 19.8. The van der Waals surface area contributed by atoms with Gasteiger partial charge in [-0.15, -0.1) is 0 Å². The van der Waals surface area contributed by atoms with Gasteiger partial charge in [0.05, 0.1) is 6.54 Å². The van der Waals surface area contributed by atoms with Gasteiger partial charge in [-0.3, -0.25) is 14.6 Å². The second-order valence-corrected chi connectivity index (χ2v) is 5.95. The first-order valence-electron chi connectivity index (χ1n) is 7.87. The monoisotopic (exact) mass is 290 g/mol. The molecule has 1 fully saturated rings. The van der Waals surface area contributed by atoms with Crippen molar-refractivity contribution < 1.29 is 9.90 Å². The lowest BCUT2D eigenvalue weighted by Gasteiger charge is -2.35. The minimum Gasteiger partial charge on any atom is -0.480 e. The first-order chi connectivity index (χ1) is 10.2. The molecule has 21 heavy (non-hydrogen) atoms. The van der Waals surface area contributed by atoms with E-state index in [1.54, 1.807) is 0 Å². The van der Waals surface area contributed by atoms with E-state index in [9.17, 15) is 4.79 Å². The summed E-state index contributed by atoms with van der Waals surface area (Å²) in [5.41, 5.74) is 1.36. The standard InChI is InChI=1S/C17H26N2O2/c1-2-18(14-17(20)21)12-16-9-6-10-19(13-16)11-15-7-4-3-5-8-15/h3-5,7-8,16H,2,6,9-14H2,1H3,(H,20,21)/t16-/m0/s1. The number of nitrogens with zero attached hydrogens (tertiary/aromatic N) is 2. The summed E-state index contributed by atoms with van der Waals surface area (Å²) in [6.45, 7) is 7.12. The fourth-order valence-corrected chi connectivity index (χ4v) is 3.15. The summed E-state index contributed by atoms with van der Waals surface area (Å²) in [6.07, 6.45) is 2.42. The highest BCUT2D eigenvalue weighted by molar-refractivity contribution is 5.69. The van der Waals surface area contributed by atoms with Crippen molar-refractivity contribution in [3.63, 3.8) is 0 Å². The Morgan fingerprint density at radius 2 is 2.14 bits per heavy atom. The van der Waals surface area contributed by atoms with E-state index in [2.05, 4.69) is 29.2 Å². The number of hydrogen-bond donors (Lipinski definition) is 1. The highest BCUT2D eigenvalue weighted by Gasteiger charge is 2.22. The molecule has 0 spiro atoms. The van der Waals surface area contributed by atoms with Crippen LogP contribution in [0.2, 0.25) is 0 Å². The molecular weight excluding hydrogens is 264 g/mol. The van der Waals surface area contributed by atoms with Gasteiger partial charge in [-0.1, -0.05) is 37.3 Å². The predicted octanol–water partition coefficient (Wildman–Crippen LogP) is 2.31. The molecule has 116 valence electrons. The van der Waals surface area contributed by atoms with Crippen molar-refractivity contribution in [3.05, 3.63) is 35.9 Å². The number of hydrogen-bond acceptors (Lipinski definition) is 3. The third-order valence-electron chi connectivity index (χ3n) is 4.17. The van der Waals surface area contributed by atoms with Crippen LogP contribution in [0.1, 0.15) is 25.3 Å². The second kappa shape index (κ2) is 8.15. The van der Waals surface area contributed by atoms with Crippen LogP contribution in [0.3, 0.4) is 0 Å². The van der Waals surface area contributed by atoms with Gasteiger partial charge < -0.3 is 5.11 Å². The van der Waals surface area contributed by atoms with Gasteiger partial charge >= 0.3 is 5.97 Å². The Hall–Kier alpha value is -1.39. The molecule has 0 radical (unpaired) electrons. The molecule has 0 unspecified atom stereocenters. The average Bonchev–Trinajstić information content (AvgIpc) is 2.47. The minimum absolute atomic E-state index is 0.158. The molecule has 0 amide bonds. The maximum atomic E-state index is 10.9. The molecule has 4 nitrogen and oxygen atoms in total. The van der Waals surface area contributed by atoms with E-state index in [-0.39, 0.29) is 6.54 Å². The first kappa shape index (κ1) is 16.0. The maximum Gasteiger partial charge on any atom is 0.317 e. The third-order valence-corrected chi connectivity index (χ3v) is 4.17. The fraction of sp³-hybridized carbons (Fsp3) is 0.588. The van der Waals surface area contributed by atoms with Crippen LogP contribution in [0.25, 0.3) is 0 Å². The van der Waals surface area contributed by atoms with Crippen LogP contribution >= 0.6 is 0 Å². The number of piperidine rings is 1. The lowest BCUT2D eigenvalue weighted by Crippen LogP contribution is -2.42. The molecule has 1 atom stereocenters. The van der Waals surface area contributed by atoms with Crippen molar-refractivity contribution in [3.8, 4) is 0 Å². The molecule has 1 saturated heterocycles. The molecule has 1 aliphatic rings. The van der Waals surface area contributed by atoms with Crippen LogP contribution < -0.4 is 0 Å². The summed E-state index contributed by atoms with van der Waals surface area (Å²) in [5, 5.41) is 8.94. The molecule has 1 aromatic carbocycles. The summed E-state index contributed by atoms with van der Waals surface area (Å²) in [5.74, 6) is -0.143. The van der Waals surface area contributed by atoms with Crippen molar-refractivity contribution >= 4 is 5.97 Å². The van der Waals surface area contributed by atoms with Gasteiger partial charge in [0.15, 0.2) is 0 Å². The number of benzene rings is 1. The smallest absolute Gasteiger partial charge is 0.317 e. The van der Waals surface area contributed by atoms with Crippen LogP contribution in [0.4, 0.5) is 0 Å². The Kier molecular flexibility index (Phi) is 6.21. The van der Waals surface area contributed by atoms with Crippen molar-refractivity contribution in [1.29, 1.82) is 0 Å². The van der Waals surface area contributed by atoms with Gasteiger partial charge in [0.2, 0.25) is 0 Å². The predicted molar refractivity (Wildman–Crippen MR) is 84.2 cm³/mol. The first-order valence-corrected chi connectivity index (χ1v) is 7.87. The van der Waals surface area contributed by atoms with Gasteiger partial charge in [-0.05, 0) is 37.4 Å². The Morgan fingerprint density at radius 1 is 1.38 bits per heavy atom. The molecule has 0 aliphatic carbocycles. The Bertz CT molecular complexity index is 436. The van der Waals surface area contributed by atoms with E-state index in [0.717, 1.165) is 32.7 Å². The number of likely N-dealkylation sites (N-methyl/N-ethyl adjacent to an activating group) is 1. The summed E-state index contributed by atoms with van der Waals surface area (Å²) in [7, 11) is 0. The SMILES string of the molecule is CCN(CC(=O)O)C[C@@H]1CCCN(Cc2ccccc2)C1. The van der Waals surface area contributed by atoms with Crippen molar-refractivity contribution in [1.82, 2.24) is 9.80 Å². The quantitative estimate of drug-likeness (QED) is 0.837. The maximum absolute atomic E-state index is 10.9. The van der Waals surface area contributed by atoms with Crippen LogP contribution in [0.15, 0.2) is 30.3 Å². The van der Waals surface area contributed by atoms with E-state index < -0.39 is 5.97 Å². The molecule has 1 N–H and O–H groups in total. The summed E-state index contributed by atoms with van der Waals surface area (Å²) in [6, 6.07) is 10.6. The lowest BCUT2D eigenvalue weighted by molar-refractivity contribution is -0.138. The van der Waals surface area contributed by atoms with E-state index in [1.807, 2.05) is 17.9 Å². The molecule has 0 aromatic heterocycles. The largest absolute Gasteiger partial charge is 0.480 e. The zero-order valence-corrected chi connectivity index (χ0v) is 12.9. The number of carbonyl (C=O) groups is 1. The van der Waals surface area contributed by atoms with Crippen LogP contribution in [-0.2, 0) is 11.3 Å². The van der Waals surface area contributed by atoms with E-state index in [0.29, 0.717) is 5.92 Å². The Balaban J connectivity index is 1.84. The zero-order chi connectivity index (χ0) is 15.1. The molecular formula is C17H26N2O2. The number of carboxylic acid groups (broad SMARTS) is 1. The number of likely N-dealkylation sites (tertiary alicyclic amines) is 1. The fourth-order valence-electron chi connectivity index (χ4n) is 3.15. The summed E-state index contributed by atoms with van der Waals surface area (Å²) >= 11 is 0. The molecule has 1 heterocycles. The summed E-state index contributed by atoms with van der Waals surface area (Å²) < 4.78 is 0. The number of carboxylic acids is 1. The van der Waals surface area contributed by atoms with Crippen LogP contribution in [0.5, 0.6) is 0 Å². The number of rotatable bonds is 7. The van der Waals surface area contributed by atoms with Crippen molar-refractivity contribution in [2.75, 3.05) is 32.7 Å². The highest BCUT2D eigenvalue weighted by atomic mass is 16.4. The van der Waals surface area contributed by atoms with Gasteiger partial charge in [-0.2, -0.15) is 0 Å². The van der Waals surface area contributed by atoms with Gasteiger partial charge in [0.25, 0.3) is 0 Å². The second-order valence-electron chi connectivity index (χ2n) is 5.95. The van der Waals surface area contributed by atoms with Gasteiger partial charge in [0.1, 0.15) is 0 Å². The molecule has 1 aromatic rings. The summed E-state index contributed by atoms with van der Waals surface area (Å²) in [4.78, 5) is 15.4. The van der Waals surface area contributed by atoms with E-state index in [4.69, 9.17) is 5.11 Å². The van der Waals surface area contributed by atoms with Crippen molar-refractivity contribution in [2.45, 2.75) is 26.3 Å². The van der Waals surface area contributed by atoms with Crippen molar-refractivity contribution in [2.24, 2.45) is 5.92 Å². The topological polar surface area (TPSA) is 43.8 Å². The lowest BCUT2D eigenvalue weighted by atomic mass is 9.97. The van der Waals surface area contributed by atoms with E-state index >= 15 is 0 Å². The van der Waals surface area contributed by atoms with E-state index in [1.165, 1.54) is 18.4 Å². The number of aliphatic carboxylic acids is 1. The van der Waals surface area contributed by atoms with Crippen LogP contribution in [0, 0.1) is 5.92 Å². The minimum atomic E-state index is -0.728. The molecule has 4 heteroatoms. The molecule has 0 saturated carbocycles. The highest BCUT2D eigenvalue weighted by Crippen LogP contribution is 2.19. The van der Waals surface area contributed by atoms with Gasteiger partial charge in [-0.25, -0.2) is 0 Å². The molecule has 2 rings (SSSR count). The average molecular weight is 290 g/mol. The Morgan fingerprint density at radius 3 is 2.81 bits per heavy atom. The Labute approximate surface area is 127 Å². The van der Waals surface area contributed by atoms with Gasteiger partial charge in [0, 0.05) is 19.6 Å².